The Morgan fingerprint density at radius 3 is 2.82 bits per heavy atom. The lowest BCUT2D eigenvalue weighted by atomic mass is 9.95. The molecular formula is C13H17Cl2NS. The number of hydrogen-bond donors (Lipinski definition) is 1. The fourth-order valence-corrected chi connectivity index (χ4v) is 4.01. The third-order valence-electron chi connectivity index (χ3n) is 3.15. The molecule has 0 amide bonds. The highest BCUT2D eigenvalue weighted by Crippen LogP contribution is 2.29. The summed E-state index contributed by atoms with van der Waals surface area (Å²) >= 11 is 14.0. The first-order valence-electron chi connectivity index (χ1n) is 5.95. The predicted molar refractivity (Wildman–Crippen MR) is 78.4 cm³/mol. The number of rotatable bonds is 4. The van der Waals surface area contributed by atoms with Crippen LogP contribution in [0.5, 0.6) is 0 Å². The first-order chi connectivity index (χ1) is 8.20. The summed E-state index contributed by atoms with van der Waals surface area (Å²) in [5.74, 6) is 3.16. The fourth-order valence-electron chi connectivity index (χ4n) is 2.26. The topological polar surface area (TPSA) is 12.0 Å². The minimum absolute atomic E-state index is 0.638. The second-order valence-corrected chi connectivity index (χ2v) is 6.30. The molecule has 2 unspecified atom stereocenters. The Kier molecular flexibility index (Phi) is 5.04. The van der Waals surface area contributed by atoms with E-state index in [0.29, 0.717) is 22.0 Å². The van der Waals surface area contributed by atoms with Gasteiger partial charge < -0.3 is 5.32 Å². The average molecular weight is 290 g/mol. The molecule has 1 saturated heterocycles. The van der Waals surface area contributed by atoms with Crippen molar-refractivity contribution in [3.8, 4) is 0 Å². The van der Waals surface area contributed by atoms with Gasteiger partial charge in [-0.05, 0) is 42.3 Å². The zero-order valence-electron chi connectivity index (χ0n) is 9.88. The number of hydrogen-bond acceptors (Lipinski definition) is 2. The van der Waals surface area contributed by atoms with Gasteiger partial charge >= 0.3 is 0 Å². The monoisotopic (exact) mass is 289 g/mol. The van der Waals surface area contributed by atoms with Crippen molar-refractivity contribution in [3.63, 3.8) is 0 Å². The number of benzene rings is 1. The molecule has 1 aliphatic heterocycles. The lowest BCUT2D eigenvalue weighted by molar-refractivity contribution is 0.434. The van der Waals surface area contributed by atoms with Crippen LogP contribution in [0.3, 0.4) is 0 Å². The molecule has 0 radical (unpaired) electrons. The molecule has 94 valence electrons. The van der Waals surface area contributed by atoms with Crippen LogP contribution >= 0.6 is 35.0 Å². The highest BCUT2D eigenvalue weighted by atomic mass is 35.5. The summed E-state index contributed by atoms with van der Waals surface area (Å²) in [6, 6.07) is 6.61. The van der Waals surface area contributed by atoms with Crippen molar-refractivity contribution in [1.82, 2.24) is 5.32 Å². The van der Waals surface area contributed by atoms with Crippen LogP contribution < -0.4 is 5.32 Å². The highest BCUT2D eigenvalue weighted by Gasteiger charge is 2.27. The van der Waals surface area contributed by atoms with Crippen molar-refractivity contribution in [2.45, 2.75) is 19.4 Å². The van der Waals surface area contributed by atoms with Gasteiger partial charge in [-0.3, -0.25) is 0 Å². The molecule has 1 fully saturated rings. The van der Waals surface area contributed by atoms with Crippen LogP contribution in [0.2, 0.25) is 10.0 Å². The van der Waals surface area contributed by atoms with Gasteiger partial charge in [-0.1, -0.05) is 36.2 Å². The summed E-state index contributed by atoms with van der Waals surface area (Å²) in [5, 5.41) is 4.86. The van der Waals surface area contributed by atoms with E-state index in [1.54, 1.807) is 0 Å². The zero-order chi connectivity index (χ0) is 12.3. The molecule has 0 bridgehead atoms. The first-order valence-corrected chi connectivity index (χ1v) is 7.86. The second-order valence-electron chi connectivity index (χ2n) is 4.41. The first kappa shape index (κ1) is 13.5. The molecule has 2 atom stereocenters. The van der Waals surface area contributed by atoms with E-state index in [4.69, 9.17) is 23.2 Å². The molecule has 0 saturated carbocycles. The lowest BCUT2D eigenvalue weighted by Gasteiger charge is -2.19. The van der Waals surface area contributed by atoms with Gasteiger partial charge in [0.2, 0.25) is 0 Å². The number of halogens is 2. The predicted octanol–water partition coefficient (Wildman–Crippen LogP) is 3.88. The van der Waals surface area contributed by atoms with E-state index < -0.39 is 0 Å². The lowest BCUT2D eigenvalue weighted by Crippen LogP contribution is -2.36. The molecule has 4 heteroatoms. The van der Waals surface area contributed by atoms with Crippen molar-refractivity contribution >= 4 is 35.0 Å². The van der Waals surface area contributed by atoms with Gasteiger partial charge in [0, 0.05) is 11.8 Å². The quantitative estimate of drug-likeness (QED) is 0.903. The Labute approximate surface area is 117 Å². The summed E-state index contributed by atoms with van der Waals surface area (Å²) in [7, 11) is 0. The van der Waals surface area contributed by atoms with Gasteiger partial charge in [0.1, 0.15) is 0 Å². The van der Waals surface area contributed by atoms with Crippen LogP contribution in [0.4, 0.5) is 0 Å². The van der Waals surface area contributed by atoms with Crippen molar-refractivity contribution in [3.05, 3.63) is 33.8 Å². The van der Waals surface area contributed by atoms with Gasteiger partial charge in [-0.25, -0.2) is 0 Å². The van der Waals surface area contributed by atoms with E-state index >= 15 is 0 Å². The maximum Gasteiger partial charge on any atom is 0.0595 e. The summed E-state index contributed by atoms with van der Waals surface area (Å²) in [4.78, 5) is 0. The van der Waals surface area contributed by atoms with Crippen LogP contribution in [0, 0.1) is 5.92 Å². The van der Waals surface area contributed by atoms with Crippen molar-refractivity contribution in [2.24, 2.45) is 5.92 Å². The molecule has 2 rings (SSSR count). The van der Waals surface area contributed by atoms with Crippen LogP contribution in [-0.2, 0) is 6.42 Å². The summed E-state index contributed by atoms with van der Waals surface area (Å²) < 4.78 is 0. The van der Waals surface area contributed by atoms with Crippen molar-refractivity contribution in [2.75, 3.05) is 18.1 Å². The molecule has 1 nitrogen and oxygen atoms in total. The van der Waals surface area contributed by atoms with E-state index in [2.05, 4.69) is 18.3 Å². The Hall–Kier alpha value is 0.110. The Balaban J connectivity index is 2.02. The Morgan fingerprint density at radius 2 is 2.12 bits per heavy atom. The SMILES string of the molecule is CCNC1CSCC1Cc1ccc(Cl)c(Cl)c1. The molecule has 1 aliphatic rings. The number of thioether (sulfide) groups is 1. The van der Waals surface area contributed by atoms with E-state index in [0.717, 1.165) is 13.0 Å². The molecule has 0 spiro atoms. The maximum absolute atomic E-state index is 6.04. The second kappa shape index (κ2) is 6.33. The molecule has 17 heavy (non-hydrogen) atoms. The van der Waals surface area contributed by atoms with Crippen molar-refractivity contribution in [1.29, 1.82) is 0 Å². The van der Waals surface area contributed by atoms with E-state index in [1.807, 2.05) is 23.9 Å². The average Bonchev–Trinajstić information content (AvgIpc) is 2.72. The standard InChI is InChI=1S/C13H17Cl2NS/c1-2-16-13-8-17-7-10(13)5-9-3-4-11(14)12(15)6-9/h3-4,6,10,13,16H,2,5,7-8H2,1H3. The van der Waals surface area contributed by atoms with Gasteiger partial charge in [0.25, 0.3) is 0 Å². The van der Waals surface area contributed by atoms with Gasteiger partial charge in [-0.15, -0.1) is 0 Å². The van der Waals surface area contributed by atoms with Gasteiger partial charge in [0.05, 0.1) is 10.0 Å². The van der Waals surface area contributed by atoms with Crippen molar-refractivity contribution < 1.29 is 0 Å². The molecule has 1 aromatic carbocycles. The molecular weight excluding hydrogens is 273 g/mol. The molecule has 1 N–H and O–H groups in total. The minimum Gasteiger partial charge on any atom is -0.313 e. The molecule has 1 heterocycles. The van der Waals surface area contributed by atoms with Crippen LogP contribution in [0.15, 0.2) is 18.2 Å². The summed E-state index contributed by atoms with van der Waals surface area (Å²) in [5.41, 5.74) is 1.29. The van der Waals surface area contributed by atoms with Crippen LogP contribution in [0.25, 0.3) is 0 Å². The third kappa shape index (κ3) is 3.54. The zero-order valence-corrected chi connectivity index (χ0v) is 12.2. The van der Waals surface area contributed by atoms with E-state index in [1.165, 1.54) is 17.1 Å². The Morgan fingerprint density at radius 1 is 1.29 bits per heavy atom. The van der Waals surface area contributed by atoms with E-state index in [-0.39, 0.29) is 0 Å². The molecule has 1 aromatic rings. The largest absolute Gasteiger partial charge is 0.313 e. The fraction of sp³-hybridized carbons (Fsp3) is 0.538. The summed E-state index contributed by atoms with van der Waals surface area (Å²) in [6.45, 7) is 3.21. The Bertz CT molecular complexity index is 384. The van der Waals surface area contributed by atoms with Crippen LogP contribution in [-0.4, -0.2) is 24.1 Å². The third-order valence-corrected chi connectivity index (χ3v) is 5.14. The molecule has 0 aliphatic carbocycles. The normalized spacial score (nSPS) is 24.2. The smallest absolute Gasteiger partial charge is 0.0595 e. The maximum atomic E-state index is 6.04. The molecule has 0 aromatic heterocycles. The van der Waals surface area contributed by atoms with E-state index in [9.17, 15) is 0 Å². The number of nitrogens with one attached hydrogen (secondary N) is 1. The summed E-state index contributed by atoms with van der Waals surface area (Å²) in [6.07, 6.45) is 1.08. The highest BCUT2D eigenvalue weighted by molar-refractivity contribution is 7.99. The minimum atomic E-state index is 0.638. The van der Waals surface area contributed by atoms with Gasteiger partial charge in [-0.2, -0.15) is 11.8 Å². The van der Waals surface area contributed by atoms with Gasteiger partial charge in [0.15, 0.2) is 0 Å². The van der Waals surface area contributed by atoms with Crippen LogP contribution in [0.1, 0.15) is 12.5 Å².